The van der Waals surface area contributed by atoms with Crippen LogP contribution in [0.15, 0.2) is 28.9 Å². The molecule has 1 aromatic carbocycles. The molecule has 0 fully saturated rings. The normalized spacial score (nSPS) is 12.6. The number of rotatable bonds is 5. The lowest BCUT2D eigenvalue weighted by Crippen LogP contribution is -2.20. The van der Waals surface area contributed by atoms with Crippen LogP contribution in [-0.4, -0.2) is 14.9 Å². The number of aryl methyl sites for hydroxylation is 1. The molecule has 1 aromatic heterocycles. The van der Waals surface area contributed by atoms with E-state index in [-0.39, 0.29) is 6.04 Å². The Morgan fingerprint density at radius 2 is 2.20 bits per heavy atom. The third-order valence-electron chi connectivity index (χ3n) is 3.65. The minimum atomic E-state index is 0.118. The molecule has 2 N–H and O–H groups in total. The summed E-state index contributed by atoms with van der Waals surface area (Å²) < 4.78 is 2.84. The SMILES string of the molecule is CC[C@H](NCc1cnn(C)c1C)c1cc(Br)ccc1O. The summed E-state index contributed by atoms with van der Waals surface area (Å²) in [5, 5.41) is 17.7. The lowest BCUT2D eigenvalue weighted by Gasteiger charge is -2.19. The molecule has 4 nitrogen and oxygen atoms in total. The van der Waals surface area contributed by atoms with E-state index in [0.717, 1.165) is 28.7 Å². The van der Waals surface area contributed by atoms with Crippen molar-refractivity contribution in [1.29, 1.82) is 0 Å². The van der Waals surface area contributed by atoms with Crippen LogP contribution in [0.2, 0.25) is 0 Å². The summed E-state index contributed by atoms with van der Waals surface area (Å²) >= 11 is 3.45. The van der Waals surface area contributed by atoms with Crippen LogP contribution in [0.1, 0.15) is 36.2 Å². The first kappa shape index (κ1) is 15.1. The number of aromatic hydroxyl groups is 1. The first-order chi connectivity index (χ1) is 9.52. The Morgan fingerprint density at radius 1 is 1.45 bits per heavy atom. The number of phenols is 1. The maximum absolute atomic E-state index is 10.0. The summed E-state index contributed by atoms with van der Waals surface area (Å²) in [6, 6.07) is 5.65. The third kappa shape index (κ3) is 3.22. The van der Waals surface area contributed by atoms with Crippen molar-refractivity contribution in [2.24, 2.45) is 7.05 Å². The van der Waals surface area contributed by atoms with Crippen molar-refractivity contribution in [3.63, 3.8) is 0 Å². The Balaban J connectivity index is 2.13. The first-order valence-electron chi connectivity index (χ1n) is 6.72. The number of phenolic OH excluding ortho intramolecular Hbond substituents is 1. The predicted octanol–water partition coefficient (Wildman–Crippen LogP) is 3.44. The zero-order valence-corrected chi connectivity index (χ0v) is 13.6. The van der Waals surface area contributed by atoms with E-state index in [1.54, 1.807) is 6.07 Å². The second-order valence-electron chi connectivity index (χ2n) is 4.92. The van der Waals surface area contributed by atoms with Gasteiger partial charge in [-0.3, -0.25) is 4.68 Å². The van der Waals surface area contributed by atoms with Crippen molar-refractivity contribution in [1.82, 2.24) is 15.1 Å². The van der Waals surface area contributed by atoms with Gasteiger partial charge in [0.2, 0.25) is 0 Å². The van der Waals surface area contributed by atoms with E-state index >= 15 is 0 Å². The average molecular weight is 338 g/mol. The van der Waals surface area contributed by atoms with E-state index in [2.05, 4.69) is 40.2 Å². The van der Waals surface area contributed by atoms with Crippen LogP contribution in [0.3, 0.4) is 0 Å². The van der Waals surface area contributed by atoms with Crippen LogP contribution in [0.25, 0.3) is 0 Å². The number of nitrogens with one attached hydrogen (secondary N) is 1. The molecule has 0 spiro atoms. The van der Waals surface area contributed by atoms with Gasteiger partial charge in [0.1, 0.15) is 5.75 Å². The largest absolute Gasteiger partial charge is 0.508 e. The van der Waals surface area contributed by atoms with Crippen LogP contribution in [0, 0.1) is 6.92 Å². The molecule has 0 aliphatic carbocycles. The second kappa shape index (κ2) is 6.41. The molecule has 5 heteroatoms. The van der Waals surface area contributed by atoms with E-state index in [0.29, 0.717) is 5.75 Å². The molecule has 2 aromatic rings. The summed E-state index contributed by atoms with van der Waals surface area (Å²) in [4.78, 5) is 0. The minimum Gasteiger partial charge on any atom is -0.508 e. The van der Waals surface area contributed by atoms with Gasteiger partial charge in [-0.15, -0.1) is 0 Å². The van der Waals surface area contributed by atoms with Crippen LogP contribution < -0.4 is 5.32 Å². The summed E-state index contributed by atoms with van der Waals surface area (Å²) in [6.07, 6.45) is 2.79. The monoisotopic (exact) mass is 337 g/mol. The fraction of sp³-hybridized carbons (Fsp3) is 0.400. The molecule has 0 aliphatic rings. The summed E-state index contributed by atoms with van der Waals surface area (Å²) in [5.41, 5.74) is 3.26. The third-order valence-corrected chi connectivity index (χ3v) is 4.14. The predicted molar refractivity (Wildman–Crippen MR) is 83.6 cm³/mol. The number of benzene rings is 1. The van der Waals surface area contributed by atoms with Crippen LogP contribution >= 0.6 is 15.9 Å². The van der Waals surface area contributed by atoms with Gasteiger partial charge in [0.05, 0.1) is 6.20 Å². The Kier molecular flexibility index (Phi) is 4.83. The number of nitrogens with zero attached hydrogens (tertiary/aromatic N) is 2. The van der Waals surface area contributed by atoms with E-state index in [1.807, 2.05) is 30.1 Å². The van der Waals surface area contributed by atoms with Gasteiger partial charge in [0.15, 0.2) is 0 Å². The number of halogens is 1. The molecule has 0 saturated carbocycles. The minimum absolute atomic E-state index is 0.118. The molecule has 1 heterocycles. The second-order valence-corrected chi connectivity index (χ2v) is 5.84. The molecule has 20 heavy (non-hydrogen) atoms. The number of hydrogen-bond acceptors (Lipinski definition) is 3. The number of aromatic nitrogens is 2. The van der Waals surface area contributed by atoms with Gasteiger partial charge >= 0.3 is 0 Å². The molecule has 1 atom stereocenters. The molecular formula is C15H20BrN3O. The molecular weight excluding hydrogens is 318 g/mol. The van der Waals surface area contributed by atoms with Gasteiger partial charge in [-0.05, 0) is 31.5 Å². The highest BCUT2D eigenvalue weighted by molar-refractivity contribution is 9.10. The maximum atomic E-state index is 10.0. The highest BCUT2D eigenvalue weighted by Crippen LogP contribution is 2.29. The van der Waals surface area contributed by atoms with Crippen molar-refractivity contribution in [3.8, 4) is 5.75 Å². The standard InChI is InChI=1S/C15H20BrN3O/c1-4-14(13-7-12(16)5-6-15(13)20)17-8-11-9-18-19(3)10(11)2/h5-7,9,14,17,20H,4,8H2,1-3H3/t14-/m0/s1. The molecule has 0 amide bonds. The van der Waals surface area contributed by atoms with Gasteiger partial charge < -0.3 is 10.4 Å². The van der Waals surface area contributed by atoms with Crippen LogP contribution in [0.5, 0.6) is 5.75 Å². The van der Waals surface area contributed by atoms with Crippen molar-refractivity contribution in [2.45, 2.75) is 32.9 Å². The fourth-order valence-electron chi connectivity index (χ4n) is 2.23. The highest BCUT2D eigenvalue weighted by atomic mass is 79.9. The summed E-state index contributed by atoms with van der Waals surface area (Å²) in [6.45, 7) is 4.90. The van der Waals surface area contributed by atoms with Gasteiger partial charge in [-0.25, -0.2) is 0 Å². The van der Waals surface area contributed by atoms with E-state index in [9.17, 15) is 5.11 Å². The van der Waals surface area contributed by atoms with Crippen molar-refractivity contribution in [3.05, 3.63) is 45.7 Å². The molecule has 0 saturated heterocycles. The molecule has 0 aliphatic heterocycles. The Morgan fingerprint density at radius 3 is 2.80 bits per heavy atom. The van der Waals surface area contributed by atoms with Gasteiger partial charge in [0.25, 0.3) is 0 Å². The number of hydrogen-bond donors (Lipinski definition) is 2. The summed E-state index contributed by atoms with van der Waals surface area (Å²) in [7, 11) is 1.94. The molecule has 0 bridgehead atoms. The van der Waals surface area contributed by atoms with Gasteiger partial charge in [-0.2, -0.15) is 5.10 Å². The van der Waals surface area contributed by atoms with E-state index < -0.39 is 0 Å². The Hall–Kier alpha value is -1.33. The molecule has 0 radical (unpaired) electrons. The Labute approximate surface area is 127 Å². The maximum Gasteiger partial charge on any atom is 0.120 e. The molecule has 2 rings (SSSR count). The lowest BCUT2D eigenvalue weighted by atomic mass is 10.0. The molecule has 0 unspecified atom stereocenters. The van der Waals surface area contributed by atoms with Crippen LogP contribution in [-0.2, 0) is 13.6 Å². The quantitative estimate of drug-likeness (QED) is 0.878. The van der Waals surface area contributed by atoms with Gasteiger partial charge in [0, 0.05) is 40.9 Å². The smallest absolute Gasteiger partial charge is 0.120 e. The van der Waals surface area contributed by atoms with E-state index in [1.165, 1.54) is 5.56 Å². The Bertz CT molecular complexity index is 595. The van der Waals surface area contributed by atoms with E-state index in [4.69, 9.17) is 0 Å². The zero-order valence-electron chi connectivity index (χ0n) is 12.0. The molecule has 108 valence electrons. The first-order valence-corrected chi connectivity index (χ1v) is 7.51. The van der Waals surface area contributed by atoms with Crippen molar-refractivity contribution < 1.29 is 5.11 Å². The fourth-order valence-corrected chi connectivity index (χ4v) is 2.61. The van der Waals surface area contributed by atoms with Crippen LogP contribution in [0.4, 0.5) is 0 Å². The summed E-state index contributed by atoms with van der Waals surface area (Å²) in [5.74, 6) is 0.329. The van der Waals surface area contributed by atoms with Crippen molar-refractivity contribution in [2.75, 3.05) is 0 Å². The van der Waals surface area contributed by atoms with Crippen molar-refractivity contribution >= 4 is 15.9 Å². The average Bonchev–Trinajstić information content (AvgIpc) is 2.75. The topological polar surface area (TPSA) is 50.1 Å². The van der Waals surface area contributed by atoms with Gasteiger partial charge in [-0.1, -0.05) is 22.9 Å². The lowest BCUT2D eigenvalue weighted by molar-refractivity contribution is 0.440. The zero-order chi connectivity index (χ0) is 14.7. The highest BCUT2D eigenvalue weighted by Gasteiger charge is 2.14.